The van der Waals surface area contributed by atoms with Crippen LogP contribution in [-0.2, 0) is 0 Å². The van der Waals surface area contributed by atoms with Crippen molar-refractivity contribution in [3.8, 4) is 11.8 Å². The summed E-state index contributed by atoms with van der Waals surface area (Å²) in [6.45, 7) is 2.85. The van der Waals surface area contributed by atoms with E-state index in [1.807, 2.05) is 37.3 Å². The van der Waals surface area contributed by atoms with Gasteiger partial charge in [0.1, 0.15) is 12.4 Å². The summed E-state index contributed by atoms with van der Waals surface area (Å²) < 4.78 is 5.53. The molecule has 0 aromatic heterocycles. The summed E-state index contributed by atoms with van der Waals surface area (Å²) in [5, 5.41) is 11.5. The predicted molar refractivity (Wildman–Crippen MR) is 80.2 cm³/mol. The van der Waals surface area contributed by atoms with Gasteiger partial charge in [-0.2, -0.15) is 5.26 Å². The Labute approximate surface area is 124 Å². The predicted octanol–water partition coefficient (Wildman–Crippen LogP) is 2.68. The lowest BCUT2D eigenvalue weighted by atomic mass is 10.1. The molecule has 106 valence electrons. The second kappa shape index (κ2) is 7.11. The van der Waals surface area contributed by atoms with E-state index in [2.05, 4.69) is 5.32 Å². The normalized spacial score (nSPS) is 9.71. The van der Waals surface area contributed by atoms with E-state index in [0.29, 0.717) is 24.3 Å². The number of benzene rings is 2. The monoisotopic (exact) mass is 280 g/mol. The number of hydrogen-bond acceptors (Lipinski definition) is 3. The Bertz CT molecular complexity index is 640. The van der Waals surface area contributed by atoms with Crippen LogP contribution >= 0.6 is 0 Å². The van der Waals surface area contributed by atoms with Gasteiger partial charge in [0.15, 0.2) is 0 Å². The summed E-state index contributed by atoms with van der Waals surface area (Å²) in [4.78, 5) is 11.9. The van der Waals surface area contributed by atoms with Crippen molar-refractivity contribution in [2.45, 2.75) is 6.92 Å². The highest BCUT2D eigenvalue weighted by Crippen LogP contribution is 2.10. The number of aryl methyl sites for hydroxylation is 1. The molecule has 0 aliphatic heterocycles. The summed E-state index contributed by atoms with van der Waals surface area (Å²) in [6.07, 6.45) is 0. The van der Waals surface area contributed by atoms with Crippen LogP contribution in [0, 0.1) is 18.3 Å². The van der Waals surface area contributed by atoms with E-state index in [1.54, 1.807) is 24.3 Å². The minimum absolute atomic E-state index is 0.174. The van der Waals surface area contributed by atoms with Crippen molar-refractivity contribution in [3.63, 3.8) is 0 Å². The Morgan fingerprint density at radius 2 is 1.81 bits per heavy atom. The zero-order valence-corrected chi connectivity index (χ0v) is 11.8. The fourth-order valence-electron chi connectivity index (χ4n) is 1.77. The fourth-order valence-corrected chi connectivity index (χ4v) is 1.77. The van der Waals surface area contributed by atoms with Crippen molar-refractivity contribution in [1.82, 2.24) is 5.32 Å². The number of amides is 1. The molecule has 0 aliphatic carbocycles. The molecule has 0 aliphatic rings. The first kappa shape index (κ1) is 14.6. The van der Waals surface area contributed by atoms with Gasteiger partial charge in [-0.25, -0.2) is 0 Å². The van der Waals surface area contributed by atoms with E-state index in [9.17, 15) is 4.79 Å². The lowest BCUT2D eigenvalue weighted by Crippen LogP contribution is -2.28. The van der Waals surface area contributed by atoms with Gasteiger partial charge in [0.25, 0.3) is 5.91 Å². The van der Waals surface area contributed by atoms with Crippen LogP contribution in [0.4, 0.5) is 0 Å². The molecule has 0 heterocycles. The Kier molecular flexibility index (Phi) is 4.94. The summed E-state index contributed by atoms with van der Waals surface area (Å²) in [5.41, 5.74) is 2.25. The molecule has 0 saturated heterocycles. The van der Waals surface area contributed by atoms with Crippen LogP contribution in [0.1, 0.15) is 21.5 Å². The lowest BCUT2D eigenvalue weighted by Gasteiger charge is -2.08. The van der Waals surface area contributed by atoms with Gasteiger partial charge in [0, 0.05) is 5.56 Å². The highest BCUT2D eigenvalue weighted by Gasteiger charge is 2.04. The van der Waals surface area contributed by atoms with E-state index in [0.717, 1.165) is 5.75 Å². The number of ether oxygens (including phenoxy) is 1. The molecule has 0 atom stereocenters. The highest BCUT2D eigenvalue weighted by atomic mass is 16.5. The topological polar surface area (TPSA) is 62.1 Å². The number of nitrogens with zero attached hydrogens (tertiary/aromatic N) is 1. The largest absolute Gasteiger partial charge is 0.492 e. The second-order valence-electron chi connectivity index (χ2n) is 4.61. The molecule has 2 aromatic rings. The zero-order valence-electron chi connectivity index (χ0n) is 11.8. The van der Waals surface area contributed by atoms with Crippen LogP contribution in [0.15, 0.2) is 48.5 Å². The van der Waals surface area contributed by atoms with Crippen LogP contribution in [0.3, 0.4) is 0 Å². The molecule has 2 rings (SSSR count). The standard InChI is InChI=1S/C17H16N2O2/c1-13-2-8-16(9-3-13)21-11-10-19-17(20)15-6-4-14(12-18)5-7-15/h2-9H,10-11H2,1H3,(H,19,20). The molecule has 2 aromatic carbocycles. The van der Waals surface area contributed by atoms with E-state index in [1.165, 1.54) is 5.56 Å². The fraction of sp³-hybridized carbons (Fsp3) is 0.176. The highest BCUT2D eigenvalue weighted by molar-refractivity contribution is 5.94. The third kappa shape index (κ3) is 4.36. The van der Waals surface area contributed by atoms with E-state index in [4.69, 9.17) is 10.00 Å². The van der Waals surface area contributed by atoms with Crippen molar-refractivity contribution in [2.24, 2.45) is 0 Å². The third-order valence-corrected chi connectivity index (χ3v) is 2.95. The first-order valence-electron chi connectivity index (χ1n) is 6.67. The van der Waals surface area contributed by atoms with Crippen LogP contribution in [0.25, 0.3) is 0 Å². The molecule has 0 radical (unpaired) electrons. The smallest absolute Gasteiger partial charge is 0.251 e. The lowest BCUT2D eigenvalue weighted by molar-refractivity contribution is 0.0947. The average molecular weight is 280 g/mol. The molecule has 0 unspecified atom stereocenters. The number of nitriles is 1. The quantitative estimate of drug-likeness (QED) is 0.856. The van der Waals surface area contributed by atoms with Crippen molar-refractivity contribution >= 4 is 5.91 Å². The number of nitrogens with one attached hydrogen (secondary N) is 1. The van der Waals surface area contributed by atoms with Crippen LogP contribution in [0.2, 0.25) is 0 Å². The maximum Gasteiger partial charge on any atom is 0.251 e. The molecule has 1 amide bonds. The molecule has 4 nitrogen and oxygen atoms in total. The Morgan fingerprint density at radius 3 is 2.43 bits per heavy atom. The summed E-state index contributed by atoms with van der Waals surface area (Å²) >= 11 is 0. The van der Waals surface area contributed by atoms with Crippen molar-refractivity contribution < 1.29 is 9.53 Å². The molecule has 0 saturated carbocycles. The third-order valence-electron chi connectivity index (χ3n) is 2.95. The maximum absolute atomic E-state index is 11.9. The van der Waals surface area contributed by atoms with Gasteiger partial charge in [-0.3, -0.25) is 4.79 Å². The first-order chi connectivity index (χ1) is 10.2. The van der Waals surface area contributed by atoms with E-state index in [-0.39, 0.29) is 5.91 Å². The SMILES string of the molecule is Cc1ccc(OCCNC(=O)c2ccc(C#N)cc2)cc1. The molecular weight excluding hydrogens is 264 g/mol. The molecule has 0 spiro atoms. The van der Waals surface area contributed by atoms with Gasteiger partial charge < -0.3 is 10.1 Å². The number of hydrogen-bond donors (Lipinski definition) is 1. The minimum Gasteiger partial charge on any atom is -0.492 e. The number of rotatable bonds is 5. The first-order valence-corrected chi connectivity index (χ1v) is 6.67. The molecule has 21 heavy (non-hydrogen) atoms. The number of carbonyl (C=O) groups is 1. The van der Waals surface area contributed by atoms with E-state index < -0.39 is 0 Å². The Hall–Kier alpha value is -2.80. The van der Waals surface area contributed by atoms with Gasteiger partial charge in [0.05, 0.1) is 18.2 Å². The number of carbonyl (C=O) groups excluding carboxylic acids is 1. The van der Waals surface area contributed by atoms with E-state index >= 15 is 0 Å². The molecule has 0 fully saturated rings. The Balaban J connectivity index is 1.76. The van der Waals surface area contributed by atoms with Crippen molar-refractivity contribution in [1.29, 1.82) is 5.26 Å². The molecule has 4 heteroatoms. The summed E-state index contributed by atoms with van der Waals surface area (Å²) in [7, 11) is 0. The molecule has 1 N–H and O–H groups in total. The maximum atomic E-state index is 11.9. The summed E-state index contributed by atoms with van der Waals surface area (Å²) in [6, 6.07) is 16.3. The van der Waals surface area contributed by atoms with Crippen molar-refractivity contribution in [3.05, 3.63) is 65.2 Å². The van der Waals surface area contributed by atoms with Gasteiger partial charge in [-0.15, -0.1) is 0 Å². The van der Waals surface area contributed by atoms with Gasteiger partial charge in [0.2, 0.25) is 0 Å². The van der Waals surface area contributed by atoms with Crippen LogP contribution in [0.5, 0.6) is 5.75 Å². The van der Waals surface area contributed by atoms with Crippen LogP contribution < -0.4 is 10.1 Å². The molecular formula is C17H16N2O2. The molecule has 0 bridgehead atoms. The Morgan fingerprint density at radius 1 is 1.14 bits per heavy atom. The van der Waals surface area contributed by atoms with Gasteiger partial charge in [-0.05, 0) is 43.3 Å². The zero-order chi connectivity index (χ0) is 15.1. The summed E-state index contributed by atoms with van der Waals surface area (Å²) in [5.74, 6) is 0.611. The second-order valence-corrected chi connectivity index (χ2v) is 4.61. The average Bonchev–Trinajstić information content (AvgIpc) is 2.53. The van der Waals surface area contributed by atoms with Crippen molar-refractivity contribution in [2.75, 3.05) is 13.2 Å². The minimum atomic E-state index is -0.174. The van der Waals surface area contributed by atoms with Crippen LogP contribution in [-0.4, -0.2) is 19.1 Å². The van der Waals surface area contributed by atoms with Gasteiger partial charge >= 0.3 is 0 Å². The van der Waals surface area contributed by atoms with Gasteiger partial charge in [-0.1, -0.05) is 17.7 Å².